The molecule has 1 unspecified atom stereocenters. The molecule has 1 heterocycles. The second-order valence-electron chi connectivity index (χ2n) is 7.27. The molecule has 6 nitrogen and oxygen atoms in total. The van der Waals surface area contributed by atoms with E-state index >= 15 is 0 Å². The highest BCUT2D eigenvalue weighted by atomic mass is 35.5. The first-order chi connectivity index (χ1) is 13.0. The Labute approximate surface area is 164 Å². The molecule has 1 aliphatic carbocycles. The Balaban J connectivity index is 1.67. The maximum Gasteiger partial charge on any atom is 0.308 e. The number of nitrogens with one attached hydrogen (secondary N) is 1. The number of ether oxygens (including phenoxy) is 2. The summed E-state index contributed by atoms with van der Waals surface area (Å²) in [5.74, 6) is -1.37. The summed E-state index contributed by atoms with van der Waals surface area (Å²) in [4.78, 5) is 24.4. The van der Waals surface area contributed by atoms with Gasteiger partial charge >= 0.3 is 5.97 Å². The number of carboxylic acid groups (broad SMARTS) is 1. The molecule has 0 aromatic heterocycles. The average molecular weight is 396 g/mol. The van der Waals surface area contributed by atoms with E-state index in [-0.39, 0.29) is 24.5 Å². The predicted molar refractivity (Wildman–Crippen MR) is 101 cm³/mol. The smallest absolute Gasteiger partial charge is 0.308 e. The molecular weight excluding hydrogens is 370 g/mol. The summed E-state index contributed by atoms with van der Waals surface area (Å²) in [5, 5.41) is 12.8. The van der Waals surface area contributed by atoms with Gasteiger partial charge in [-0.3, -0.25) is 9.59 Å². The third-order valence-corrected chi connectivity index (χ3v) is 5.65. The maximum absolute atomic E-state index is 12.7. The van der Waals surface area contributed by atoms with E-state index in [1.807, 2.05) is 0 Å². The summed E-state index contributed by atoms with van der Waals surface area (Å²) in [5.41, 5.74) is 0.352. The van der Waals surface area contributed by atoms with Gasteiger partial charge in [-0.05, 0) is 62.6 Å². The lowest BCUT2D eigenvalue weighted by molar-refractivity contribution is -0.144. The van der Waals surface area contributed by atoms with Crippen molar-refractivity contribution < 1.29 is 24.2 Å². The zero-order chi connectivity index (χ0) is 19.2. The van der Waals surface area contributed by atoms with Crippen LogP contribution in [-0.4, -0.2) is 42.8 Å². The molecule has 1 atom stereocenters. The monoisotopic (exact) mass is 395 g/mol. The second-order valence-corrected chi connectivity index (χ2v) is 7.71. The number of hydrogen-bond donors (Lipinski definition) is 2. The molecule has 1 aromatic carbocycles. The number of carboxylic acids is 1. The molecule has 1 amide bonds. The fraction of sp³-hybridized carbons (Fsp3) is 0.600. The molecule has 27 heavy (non-hydrogen) atoms. The molecule has 2 N–H and O–H groups in total. The topological polar surface area (TPSA) is 84.9 Å². The molecule has 2 aliphatic rings. The van der Waals surface area contributed by atoms with Gasteiger partial charge in [-0.1, -0.05) is 11.6 Å². The van der Waals surface area contributed by atoms with E-state index in [1.54, 1.807) is 18.2 Å². The molecule has 148 valence electrons. The van der Waals surface area contributed by atoms with Gasteiger partial charge in [0, 0.05) is 24.8 Å². The van der Waals surface area contributed by atoms with Crippen molar-refractivity contribution in [3.8, 4) is 5.75 Å². The van der Waals surface area contributed by atoms with E-state index < -0.39 is 11.9 Å². The van der Waals surface area contributed by atoms with Crippen LogP contribution in [0.5, 0.6) is 5.75 Å². The summed E-state index contributed by atoms with van der Waals surface area (Å²) in [6.07, 6.45) is 5.73. The summed E-state index contributed by atoms with van der Waals surface area (Å²) in [6.45, 7) is 1.21. The van der Waals surface area contributed by atoms with Crippen LogP contribution in [0.25, 0.3) is 0 Å². The molecule has 0 radical (unpaired) electrons. The molecular formula is C20H26ClNO5. The normalized spacial score (nSPS) is 19.6. The predicted octanol–water partition coefficient (Wildman–Crippen LogP) is 3.52. The third-order valence-electron chi connectivity index (χ3n) is 5.42. The highest BCUT2D eigenvalue weighted by Crippen LogP contribution is 2.29. The quantitative estimate of drug-likeness (QED) is 0.737. The summed E-state index contributed by atoms with van der Waals surface area (Å²) >= 11 is 6.07. The van der Waals surface area contributed by atoms with Crippen molar-refractivity contribution in [1.82, 2.24) is 5.32 Å². The number of carbonyl (C=O) groups excluding carboxylic acids is 1. The van der Waals surface area contributed by atoms with Crippen LogP contribution < -0.4 is 10.1 Å². The first kappa shape index (κ1) is 20.0. The fourth-order valence-electron chi connectivity index (χ4n) is 3.84. The summed E-state index contributed by atoms with van der Waals surface area (Å²) in [6, 6.07) is 4.98. The minimum Gasteiger partial charge on any atom is -0.490 e. The van der Waals surface area contributed by atoms with Crippen LogP contribution in [0, 0.1) is 11.8 Å². The fourth-order valence-corrected chi connectivity index (χ4v) is 4.01. The number of carbonyl (C=O) groups is 2. The summed E-state index contributed by atoms with van der Waals surface area (Å²) in [7, 11) is 0. The zero-order valence-electron chi connectivity index (χ0n) is 15.3. The minimum absolute atomic E-state index is 0.00474. The Kier molecular flexibility index (Phi) is 6.96. The maximum atomic E-state index is 12.7. The molecule has 1 saturated heterocycles. The van der Waals surface area contributed by atoms with Gasteiger partial charge in [-0.25, -0.2) is 0 Å². The van der Waals surface area contributed by atoms with Crippen molar-refractivity contribution in [3.05, 3.63) is 28.8 Å². The SMILES string of the molecule is O=C(NCC(C(=O)O)C1CCOCC1)c1cc(Cl)ccc1OC1CCCC1. The Morgan fingerprint density at radius 2 is 1.93 bits per heavy atom. The molecule has 1 saturated carbocycles. The van der Waals surface area contributed by atoms with Gasteiger partial charge in [0.25, 0.3) is 5.91 Å². The summed E-state index contributed by atoms with van der Waals surface area (Å²) < 4.78 is 11.3. The number of amides is 1. The molecule has 1 aromatic rings. The Morgan fingerprint density at radius 1 is 1.22 bits per heavy atom. The molecule has 3 rings (SSSR count). The molecule has 1 aliphatic heterocycles. The largest absolute Gasteiger partial charge is 0.490 e. The Bertz CT molecular complexity index is 668. The number of benzene rings is 1. The number of hydrogen-bond acceptors (Lipinski definition) is 4. The average Bonchev–Trinajstić information content (AvgIpc) is 3.17. The van der Waals surface area contributed by atoms with Crippen LogP contribution in [0.2, 0.25) is 5.02 Å². The number of rotatable bonds is 7. The van der Waals surface area contributed by atoms with E-state index in [9.17, 15) is 14.7 Å². The van der Waals surface area contributed by atoms with Crippen molar-refractivity contribution in [3.63, 3.8) is 0 Å². The van der Waals surface area contributed by atoms with Crippen LogP contribution in [0.15, 0.2) is 18.2 Å². The van der Waals surface area contributed by atoms with E-state index in [1.165, 1.54) is 0 Å². The van der Waals surface area contributed by atoms with Crippen molar-refractivity contribution in [2.75, 3.05) is 19.8 Å². The minimum atomic E-state index is -0.893. The van der Waals surface area contributed by atoms with E-state index in [4.69, 9.17) is 21.1 Å². The third kappa shape index (κ3) is 5.36. The van der Waals surface area contributed by atoms with Crippen LogP contribution >= 0.6 is 11.6 Å². The van der Waals surface area contributed by atoms with Gasteiger partial charge in [-0.2, -0.15) is 0 Å². The van der Waals surface area contributed by atoms with Crippen molar-refractivity contribution in [2.24, 2.45) is 11.8 Å². The Morgan fingerprint density at radius 3 is 2.59 bits per heavy atom. The molecule has 7 heteroatoms. The number of aliphatic carboxylic acids is 1. The zero-order valence-corrected chi connectivity index (χ0v) is 16.0. The van der Waals surface area contributed by atoms with E-state index in [0.717, 1.165) is 25.7 Å². The standard InChI is InChI=1S/C20H26ClNO5/c21-14-5-6-18(27-15-3-1-2-4-15)16(11-14)19(23)22-12-17(20(24)25)13-7-9-26-10-8-13/h5-6,11,13,15,17H,1-4,7-10,12H2,(H,22,23)(H,24,25). The molecule has 0 spiro atoms. The van der Waals surface area contributed by atoms with Gasteiger partial charge in [0.05, 0.1) is 17.6 Å². The first-order valence-corrected chi connectivity index (χ1v) is 9.97. The van der Waals surface area contributed by atoms with E-state index in [2.05, 4.69) is 5.32 Å². The van der Waals surface area contributed by atoms with Crippen molar-refractivity contribution in [1.29, 1.82) is 0 Å². The highest BCUT2D eigenvalue weighted by molar-refractivity contribution is 6.31. The lowest BCUT2D eigenvalue weighted by Gasteiger charge is -2.27. The van der Waals surface area contributed by atoms with Gasteiger partial charge in [0.1, 0.15) is 5.75 Å². The van der Waals surface area contributed by atoms with Gasteiger partial charge in [0.2, 0.25) is 0 Å². The molecule has 0 bridgehead atoms. The van der Waals surface area contributed by atoms with Crippen LogP contribution in [0.3, 0.4) is 0 Å². The van der Waals surface area contributed by atoms with E-state index in [0.29, 0.717) is 42.4 Å². The first-order valence-electron chi connectivity index (χ1n) is 9.59. The van der Waals surface area contributed by atoms with Crippen LogP contribution in [0.4, 0.5) is 0 Å². The van der Waals surface area contributed by atoms with Crippen LogP contribution in [0.1, 0.15) is 48.9 Å². The van der Waals surface area contributed by atoms with Crippen molar-refractivity contribution >= 4 is 23.5 Å². The number of halogens is 1. The Hall–Kier alpha value is -1.79. The van der Waals surface area contributed by atoms with Crippen LogP contribution in [-0.2, 0) is 9.53 Å². The lowest BCUT2D eigenvalue weighted by atomic mass is 9.86. The highest BCUT2D eigenvalue weighted by Gasteiger charge is 2.30. The second kappa shape index (κ2) is 9.42. The van der Waals surface area contributed by atoms with Crippen molar-refractivity contribution in [2.45, 2.75) is 44.6 Å². The molecule has 2 fully saturated rings. The van der Waals surface area contributed by atoms with Gasteiger partial charge in [-0.15, -0.1) is 0 Å². The lowest BCUT2D eigenvalue weighted by Crippen LogP contribution is -2.39. The van der Waals surface area contributed by atoms with Gasteiger partial charge < -0.3 is 19.9 Å². The van der Waals surface area contributed by atoms with Gasteiger partial charge in [0.15, 0.2) is 0 Å².